The summed E-state index contributed by atoms with van der Waals surface area (Å²) in [5, 5.41) is 41.5. The Kier molecular flexibility index (Phi) is 14.7. The van der Waals surface area contributed by atoms with Crippen LogP contribution >= 0.6 is 15.6 Å². The Labute approximate surface area is 268 Å². The van der Waals surface area contributed by atoms with E-state index in [4.69, 9.17) is 20.9 Å². The molecule has 0 saturated carbocycles. The van der Waals surface area contributed by atoms with Gasteiger partial charge in [-0.3, -0.25) is 18.9 Å². The molecule has 2 saturated heterocycles. The molecule has 2 unspecified atom stereocenters. The van der Waals surface area contributed by atoms with Crippen LogP contribution in [0.3, 0.4) is 0 Å². The van der Waals surface area contributed by atoms with Crippen molar-refractivity contribution in [3.05, 3.63) is 42.7 Å². The van der Waals surface area contributed by atoms with Gasteiger partial charge in [0.1, 0.15) is 36.1 Å². The lowest BCUT2D eigenvalue weighted by molar-refractivity contribution is -0.765. The summed E-state index contributed by atoms with van der Waals surface area (Å²) in [6.07, 6.45) is -7.03. The Morgan fingerprint density at radius 1 is 0.938 bits per heavy atom. The van der Waals surface area contributed by atoms with Crippen molar-refractivity contribution in [2.45, 2.75) is 49.1 Å². The third-order valence-electron chi connectivity index (χ3n) is 6.79. The zero-order valence-corrected chi connectivity index (χ0v) is 26.0. The Hall–Kier alpha value is -3.17. The van der Waals surface area contributed by atoms with Gasteiger partial charge in [-0.05, 0) is 6.07 Å². The smallest absolute Gasteiger partial charge is 0.309 e. The molecule has 0 spiro atoms. The van der Waals surface area contributed by atoms with Gasteiger partial charge in [0.25, 0.3) is 27.8 Å². The molecule has 3 aromatic rings. The first kappa shape index (κ1) is 42.9. The summed E-state index contributed by atoms with van der Waals surface area (Å²) in [4.78, 5) is 46.6. The fourth-order valence-electron chi connectivity index (χ4n) is 4.62. The van der Waals surface area contributed by atoms with E-state index in [9.17, 15) is 44.1 Å². The molecule has 5 rings (SSSR count). The number of primary amides is 1. The Morgan fingerprint density at radius 3 is 2.04 bits per heavy atom. The second-order valence-corrected chi connectivity index (χ2v) is 12.7. The lowest BCUT2D eigenvalue weighted by Gasteiger charge is -2.31. The highest BCUT2D eigenvalue weighted by Gasteiger charge is 2.49. The van der Waals surface area contributed by atoms with Crippen molar-refractivity contribution in [3.63, 3.8) is 0 Å². The number of nitrogens with one attached hydrogen (secondary N) is 1. The number of aliphatic hydroxyl groups excluding tert-OH is 4. The molecule has 2 aliphatic heterocycles. The Bertz CT molecular complexity index is 1630. The van der Waals surface area contributed by atoms with Crippen LogP contribution in [0, 0.1) is 0 Å². The number of nitrogen functional groups attached to an aromatic ring is 1. The number of phosphoric ester groups is 2. The average Bonchev–Trinajstić information content (AvgIpc) is 3.61. The molecule has 48 heavy (non-hydrogen) atoms. The van der Waals surface area contributed by atoms with E-state index in [0.29, 0.717) is 5.52 Å². The fraction of sp³-hybridized carbons (Fsp3) is 0.476. The van der Waals surface area contributed by atoms with E-state index in [1.54, 1.807) is 0 Å². The molecule has 2 aliphatic rings. The number of ether oxygens (including phenoxy) is 2. The van der Waals surface area contributed by atoms with E-state index < -0.39 is 83.8 Å². The largest absolute Gasteiger partial charge is 0.756 e. The normalized spacial score (nSPS) is 29.0. The van der Waals surface area contributed by atoms with Crippen molar-refractivity contribution >= 4 is 38.5 Å². The maximum Gasteiger partial charge on any atom is 0.309 e. The quantitative estimate of drug-likeness (QED) is 0.0710. The predicted molar refractivity (Wildman–Crippen MR) is 148 cm³/mol. The van der Waals surface area contributed by atoms with Crippen molar-refractivity contribution in [2.24, 2.45) is 5.73 Å². The SMILES string of the molecule is NC(=O)c1ccc[n+]([C@@H]2O[C@H](COP(=O)([O-])OP(=O)([O-])OC[C@H]3O[C@@H]([n+]4c[nH]c5c(N)ncnc54)[C@H](O)[C@@H]3O)[C@@H](O)[C@H]2O)c1.O.O.O.O. The van der Waals surface area contributed by atoms with Crippen LogP contribution in [0.5, 0.6) is 0 Å². The molecule has 0 bridgehead atoms. The number of H-pyrrole nitrogens is 1. The number of hydrogen-bond donors (Lipinski definition) is 7. The van der Waals surface area contributed by atoms with Gasteiger partial charge in [0, 0.05) is 6.07 Å². The molecule has 272 valence electrons. The van der Waals surface area contributed by atoms with Gasteiger partial charge in [-0.2, -0.15) is 9.55 Å². The first-order valence-electron chi connectivity index (χ1n) is 12.6. The van der Waals surface area contributed by atoms with Crippen molar-refractivity contribution in [1.29, 1.82) is 0 Å². The van der Waals surface area contributed by atoms with Crippen LogP contribution < -0.4 is 30.4 Å². The minimum atomic E-state index is -5.68. The lowest BCUT2D eigenvalue weighted by Crippen LogP contribution is -2.46. The van der Waals surface area contributed by atoms with Gasteiger partial charge < -0.3 is 82.1 Å². The van der Waals surface area contributed by atoms with Crippen LogP contribution in [0.2, 0.25) is 0 Å². The summed E-state index contributed by atoms with van der Waals surface area (Å²) in [6, 6.07) is 2.81. The zero-order chi connectivity index (χ0) is 32.0. The van der Waals surface area contributed by atoms with E-state index in [1.165, 1.54) is 40.0 Å². The molecule has 0 aliphatic carbocycles. The predicted octanol–water partition coefficient (Wildman–Crippen LogP) is -8.16. The van der Waals surface area contributed by atoms with Gasteiger partial charge in [-0.25, -0.2) is 8.88 Å². The minimum absolute atomic E-state index is 0. The van der Waals surface area contributed by atoms with Crippen LogP contribution in [0.4, 0.5) is 5.82 Å². The standard InChI is InChI=1S/C21H27N7O14P2.4H2O/c22-17-12-19(25-7-24-17)28(8-26-12)21-16(32)14(30)11(41-21)6-39-44(36,37)42-43(34,35)38-5-10-13(29)15(31)20(40-10)27-3-1-2-9(4-27)18(23)33;;;;/h1-4,7-8,10-11,13-16,20-21,29-32H,5-6H2,(H5-,22,23,24,25,33,34,35,36,37);4*1H2/t10-,11-,13-,14-,15-,16-,20-,21-;;;;/m1..../s1. The van der Waals surface area contributed by atoms with Gasteiger partial charge in [-0.1, -0.05) is 4.98 Å². The monoisotopic (exact) mass is 735 g/mol. The summed E-state index contributed by atoms with van der Waals surface area (Å²) in [6.45, 7) is -1.96. The van der Waals surface area contributed by atoms with Crippen LogP contribution in [0.25, 0.3) is 11.2 Å². The highest BCUT2D eigenvalue weighted by molar-refractivity contribution is 7.59. The molecule has 17 N–H and O–H groups in total. The van der Waals surface area contributed by atoms with Gasteiger partial charge in [0.05, 0.1) is 13.2 Å². The molecule has 5 heterocycles. The van der Waals surface area contributed by atoms with Gasteiger partial charge in [0.15, 0.2) is 37.0 Å². The number of pyridine rings is 1. The maximum atomic E-state index is 12.3. The minimum Gasteiger partial charge on any atom is -0.756 e. The second kappa shape index (κ2) is 16.5. The van der Waals surface area contributed by atoms with Gasteiger partial charge in [-0.15, -0.1) is 0 Å². The third kappa shape index (κ3) is 8.89. The number of nitrogens with two attached hydrogens (primary N) is 2. The Balaban J connectivity index is 0.00000288. The highest BCUT2D eigenvalue weighted by atomic mass is 31.3. The number of anilines is 1. The second-order valence-electron chi connectivity index (χ2n) is 9.70. The number of amides is 1. The van der Waals surface area contributed by atoms with Crippen LogP contribution in [0.1, 0.15) is 22.8 Å². The summed E-state index contributed by atoms with van der Waals surface area (Å²) >= 11 is 0. The van der Waals surface area contributed by atoms with Crippen molar-refractivity contribution in [2.75, 3.05) is 18.9 Å². The molecular formula is C21H35N7O18P2. The third-order valence-corrected chi connectivity index (χ3v) is 9.32. The number of hydrogen-bond acceptors (Lipinski definition) is 17. The van der Waals surface area contributed by atoms with Gasteiger partial charge in [0.2, 0.25) is 11.7 Å². The fourth-order valence-corrected chi connectivity index (χ4v) is 6.63. The summed E-state index contributed by atoms with van der Waals surface area (Å²) in [5.74, 6) is -0.686. The Morgan fingerprint density at radius 2 is 1.48 bits per heavy atom. The lowest BCUT2D eigenvalue weighted by atomic mass is 10.1. The molecule has 10 atom stereocenters. The van der Waals surface area contributed by atoms with Crippen LogP contribution in [-0.2, 0) is 32.0 Å². The molecule has 2 fully saturated rings. The first-order chi connectivity index (χ1) is 20.7. The molecule has 3 aromatic heterocycles. The highest BCUT2D eigenvalue weighted by Crippen LogP contribution is 2.56. The molecule has 0 radical (unpaired) electrons. The number of aromatic nitrogens is 5. The summed E-state index contributed by atoms with van der Waals surface area (Å²) in [5.41, 5.74) is 11.6. The van der Waals surface area contributed by atoms with E-state index in [-0.39, 0.29) is 38.9 Å². The number of carbonyl (C=O) groups excluding carboxylic acids is 1. The number of fused-ring (bicyclic) bond motifs is 1. The maximum absolute atomic E-state index is 12.3. The number of aromatic amines is 1. The summed E-state index contributed by atoms with van der Waals surface area (Å²) in [7, 11) is -11.4. The van der Waals surface area contributed by atoms with E-state index in [2.05, 4.69) is 28.3 Å². The van der Waals surface area contributed by atoms with Crippen molar-refractivity contribution in [1.82, 2.24) is 15.0 Å². The van der Waals surface area contributed by atoms with E-state index >= 15 is 0 Å². The van der Waals surface area contributed by atoms with Crippen molar-refractivity contribution in [3.8, 4) is 0 Å². The number of nitrogens with zero attached hydrogens (tertiary/aromatic N) is 4. The summed E-state index contributed by atoms with van der Waals surface area (Å²) < 4.78 is 51.2. The number of imidazole rings is 1. The number of phosphoric acid groups is 2. The van der Waals surface area contributed by atoms with E-state index in [1.807, 2.05) is 0 Å². The molecular weight excluding hydrogens is 700 g/mol. The van der Waals surface area contributed by atoms with Gasteiger partial charge >= 0.3 is 5.65 Å². The molecule has 0 aromatic carbocycles. The number of carbonyl (C=O) groups is 1. The molecule has 25 nitrogen and oxygen atoms in total. The molecule has 1 amide bonds. The topological polar surface area (TPSA) is 452 Å². The number of rotatable bonds is 11. The molecule has 27 heteroatoms. The zero-order valence-electron chi connectivity index (χ0n) is 24.2. The number of aliphatic hydroxyl groups is 4. The average molecular weight is 735 g/mol. The van der Waals surface area contributed by atoms with Crippen LogP contribution in [-0.4, -0.2) is 113 Å². The van der Waals surface area contributed by atoms with E-state index in [0.717, 1.165) is 6.33 Å². The van der Waals surface area contributed by atoms with Crippen LogP contribution in [0.15, 0.2) is 37.2 Å². The van der Waals surface area contributed by atoms with Crippen molar-refractivity contribution < 1.29 is 98.0 Å². The first-order valence-corrected chi connectivity index (χ1v) is 15.5.